The molecule has 0 bridgehead atoms. The zero-order valence-electron chi connectivity index (χ0n) is 12.2. The van der Waals surface area contributed by atoms with Crippen LogP contribution in [0.1, 0.15) is 34.1 Å². The maximum absolute atomic E-state index is 8.82. The maximum Gasteiger partial charge on any atom is 0.159 e. The van der Waals surface area contributed by atoms with Crippen LogP contribution in [0.5, 0.6) is 0 Å². The maximum atomic E-state index is 8.82. The minimum absolute atomic E-state index is 0.290. The minimum atomic E-state index is -0.362. The van der Waals surface area contributed by atoms with E-state index in [2.05, 4.69) is 28.8 Å². The first-order chi connectivity index (χ1) is 8.37. The molecule has 5 nitrogen and oxygen atoms in total. The predicted octanol–water partition coefficient (Wildman–Crippen LogP) is 1.18. The van der Waals surface area contributed by atoms with Crippen molar-refractivity contribution in [2.24, 2.45) is 16.8 Å². The van der Waals surface area contributed by atoms with E-state index in [-0.39, 0.29) is 11.4 Å². The molecule has 0 atom stereocenters. The van der Waals surface area contributed by atoms with E-state index in [1.54, 1.807) is 0 Å². The molecule has 1 heterocycles. The van der Waals surface area contributed by atoms with E-state index in [1.165, 1.54) is 13.0 Å². The Balaban J connectivity index is 2.44. The summed E-state index contributed by atoms with van der Waals surface area (Å²) in [4.78, 5) is 4.78. The fourth-order valence-electron chi connectivity index (χ4n) is 2.26. The molecule has 0 aromatic carbocycles. The van der Waals surface area contributed by atoms with Gasteiger partial charge in [0, 0.05) is 26.2 Å². The second-order valence-corrected chi connectivity index (χ2v) is 6.06. The van der Waals surface area contributed by atoms with Gasteiger partial charge in [0.2, 0.25) is 0 Å². The third-order valence-corrected chi connectivity index (χ3v) is 3.92. The van der Waals surface area contributed by atoms with Crippen molar-refractivity contribution in [3.8, 4) is 0 Å². The Morgan fingerprint density at radius 3 is 2.28 bits per heavy atom. The SMILES string of the molecule is CC(C)CCN1CCN(C(C)(C)C(N)=NO)CC1. The number of hydrogen-bond acceptors (Lipinski definition) is 4. The smallest absolute Gasteiger partial charge is 0.159 e. The summed E-state index contributed by atoms with van der Waals surface area (Å²) in [7, 11) is 0. The van der Waals surface area contributed by atoms with E-state index in [0.29, 0.717) is 0 Å². The number of nitrogens with zero attached hydrogens (tertiary/aromatic N) is 3. The molecule has 0 unspecified atom stereocenters. The summed E-state index contributed by atoms with van der Waals surface area (Å²) in [5.41, 5.74) is 5.40. The van der Waals surface area contributed by atoms with E-state index in [4.69, 9.17) is 10.9 Å². The Bertz CT molecular complexity index is 281. The molecule has 0 saturated carbocycles. The number of nitrogens with two attached hydrogens (primary N) is 1. The molecule has 0 spiro atoms. The highest BCUT2D eigenvalue weighted by molar-refractivity contribution is 5.88. The minimum Gasteiger partial charge on any atom is -0.409 e. The first-order valence-electron chi connectivity index (χ1n) is 6.83. The standard InChI is InChI=1S/C13H28N4O/c1-11(2)5-6-16-7-9-17(10-8-16)13(3,4)12(14)15-18/h11,18H,5-10H2,1-4H3,(H2,14,15). The van der Waals surface area contributed by atoms with Crippen LogP contribution in [-0.4, -0.2) is 59.1 Å². The van der Waals surface area contributed by atoms with Crippen molar-refractivity contribution in [1.82, 2.24) is 9.80 Å². The van der Waals surface area contributed by atoms with Gasteiger partial charge in [-0.25, -0.2) is 0 Å². The summed E-state index contributed by atoms with van der Waals surface area (Å²) in [6, 6.07) is 0. The molecule has 3 N–H and O–H groups in total. The topological polar surface area (TPSA) is 65.1 Å². The van der Waals surface area contributed by atoms with Crippen LogP contribution in [0.15, 0.2) is 5.16 Å². The van der Waals surface area contributed by atoms with Gasteiger partial charge < -0.3 is 15.8 Å². The Labute approximate surface area is 111 Å². The van der Waals surface area contributed by atoms with Crippen LogP contribution < -0.4 is 5.73 Å². The Morgan fingerprint density at radius 2 is 1.83 bits per heavy atom. The Morgan fingerprint density at radius 1 is 1.28 bits per heavy atom. The normalized spacial score (nSPS) is 20.6. The summed E-state index contributed by atoms with van der Waals surface area (Å²) < 4.78 is 0. The van der Waals surface area contributed by atoms with Gasteiger partial charge in [0.05, 0.1) is 5.54 Å². The van der Waals surface area contributed by atoms with Gasteiger partial charge in [-0.3, -0.25) is 4.90 Å². The molecule has 5 heteroatoms. The fourth-order valence-corrected chi connectivity index (χ4v) is 2.26. The van der Waals surface area contributed by atoms with Crippen molar-refractivity contribution >= 4 is 5.84 Å². The number of piperazine rings is 1. The number of rotatable bonds is 5. The summed E-state index contributed by atoms with van der Waals surface area (Å²) in [5.74, 6) is 1.05. The Kier molecular flexibility index (Phi) is 5.41. The van der Waals surface area contributed by atoms with Crippen LogP contribution in [0.25, 0.3) is 0 Å². The van der Waals surface area contributed by atoms with Gasteiger partial charge in [-0.15, -0.1) is 0 Å². The van der Waals surface area contributed by atoms with Gasteiger partial charge >= 0.3 is 0 Å². The van der Waals surface area contributed by atoms with Crippen LogP contribution >= 0.6 is 0 Å². The van der Waals surface area contributed by atoms with E-state index < -0.39 is 0 Å². The number of hydrogen-bond donors (Lipinski definition) is 2. The second kappa shape index (κ2) is 6.38. The zero-order chi connectivity index (χ0) is 13.8. The molecule has 0 aromatic heterocycles. The lowest BCUT2D eigenvalue weighted by molar-refractivity contribution is 0.0807. The quantitative estimate of drug-likeness (QED) is 0.335. The van der Waals surface area contributed by atoms with Crippen molar-refractivity contribution in [3.63, 3.8) is 0 Å². The van der Waals surface area contributed by atoms with E-state index in [1.807, 2.05) is 13.8 Å². The van der Waals surface area contributed by atoms with Gasteiger partial charge in [0.15, 0.2) is 5.84 Å². The summed E-state index contributed by atoms with van der Waals surface area (Å²) in [6.07, 6.45) is 1.25. The molecule has 0 aromatic rings. The van der Waals surface area contributed by atoms with Crippen LogP contribution in [0.4, 0.5) is 0 Å². The molecule has 1 rings (SSSR count). The lowest BCUT2D eigenvalue weighted by Gasteiger charge is -2.43. The van der Waals surface area contributed by atoms with E-state index >= 15 is 0 Å². The van der Waals surface area contributed by atoms with E-state index in [0.717, 1.165) is 32.1 Å². The van der Waals surface area contributed by atoms with Gasteiger partial charge in [-0.2, -0.15) is 0 Å². The van der Waals surface area contributed by atoms with Crippen molar-refractivity contribution in [2.75, 3.05) is 32.7 Å². The molecule has 1 aliphatic heterocycles. The molecule has 106 valence electrons. The van der Waals surface area contributed by atoms with E-state index in [9.17, 15) is 0 Å². The van der Waals surface area contributed by atoms with Gasteiger partial charge in [0.1, 0.15) is 0 Å². The highest BCUT2D eigenvalue weighted by atomic mass is 16.4. The lowest BCUT2D eigenvalue weighted by atomic mass is 10.00. The van der Waals surface area contributed by atoms with Crippen LogP contribution in [0.3, 0.4) is 0 Å². The van der Waals surface area contributed by atoms with Crippen LogP contribution in [0.2, 0.25) is 0 Å². The van der Waals surface area contributed by atoms with Crippen LogP contribution in [-0.2, 0) is 0 Å². The molecule has 1 fully saturated rings. The highest BCUT2D eigenvalue weighted by Crippen LogP contribution is 2.17. The van der Waals surface area contributed by atoms with Crippen molar-refractivity contribution in [2.45, 2.75) is 39.7 Å². The van der Waals surface area contributed by atoms with Crippen LogP contribution in [0, 0.1) is 5.92 Å². The molecule has 18 heavy (non-hydrogen) atoms. The highest BCUT2D eigenvalue weighted by Gasteiger charge is 2.33. The summed E-state index contributed by atoms with van der Waals surface area (Å²) in [6.45, 7) is 13.8. The largest absolute Gasteiger partial charge is 0.409 e. The second-order valence-electron chi connectivity index (χ2n) is 6.06. The lowest BCUT2D eigenvalue weighted by Crippen LogP contribution is -2.59. The molecule has 0 amide bonds. The van der Waals surface area contributed by atoms with Crippen molar-refractivity contribution in [3.05, 3.63) is 0 Å². The number of oxime groups is 1. The van der Waals surface area contributed by atoms with Crippen molar-refractivity contribution < 1.29 is 5.21 Å². The zero-order valence-corrected chi connectivity index (χ0v) is 12.2. The summed E-state index contributed by atoms with van der Waals surface area (Å²) in [5, 5.41) is 12.0. The Hall–Kier alpha value is -0.810. The molecular formula is C13H28N4O. The molecule has 1 aliphatic rings. The van der Waals surface area contributed by atoms with Crippen molar-refractivity contribution in [1.29, 1.82) is 0 Å². The monoisotopic (exact) mass is 256 g/mol. The predicted molar refractivity (Wildman–Crippen MR) is 75.0 cm³/mol. The molecule has 0 aliphatic carbocycles. The first-order valence-corrected chi connectivity index (χ1v) is 6.83. The van der Waals surface area contributed by atoms with Gasteiger partial charge in [0.25, 0.3) is 0 Å². The average Bonchev–Trinajstić information content (AvgIpc) is 2.35. The molecule has 1 saturated heterocycles. The summed E-state index contributed by atoms with van der Waals surface area (Å²) >= 11 is 0. The molecule has 0 radical (unpaired) electrons. The van der Waals surface area contributed by atoms with Gasteiger partial charge in [-0.1, -0.05) is 19.0 Å². The average molecular weight is 256 g/mol. The molecular weight excluding hydrogens is 228 g/mol. The number of amidine groups is 1. The first kappa shape index (κ1) is 15.2. The third kappa shape index (κ3) is 3.85. The fraction of sp³-hybridized carbons (Fsp3) is 0.923. The van der Waals surface area contributed by atoms with Gasteiger partial charge in [-0.05, 0) is 32.7 Å². The third-order valence-electron chi connectivity index (χ3n) is 3.92.